The summed E-state index contributed by atoms with van der Waals surface area (Å²) in [6, 6.07) is 10.4. The highest BCUT2D eigenvalue weighted by atomic mass is 32.1. The van der Waals surface area contributed by atoms with E-state index in [2.05, 4.69) is 10.1 Å². The first-order valence-electron chi connectivity index (χ1n) is 10.4. The van der Waals surface area contributed by atoms with Crippen molar-refractivity contribution in [2.75, 3.05) is 13.2 Å². The van der Waals surface area contributed by atoms with Crippen LogP contribution in [0.3, 0.4) is 0 Å². The third-order valence-corrected chi connectivity index (χ3v) is 6.66. The molecule has 1 fully saturated rings. The second kappa shape index (κ2) is 8.87. The van der Waals surface area contributed by atoms with Crippen molar-refractivity contribution in [3.63, 3.8) is 0 Å². The van der Waals surface area contributed by atoms with Crippen LogP contribution < -0.4 is 10.4 Å². The fraction of sp³-hybridized carbons (Fsp3) is 0.261. The molecule has 0 radical (unpaired) electrons. The van der Waals surface area contributed by atoms with E-state index in [0.29, 0.717) is 24.0 Å². The number of thiazole rings is 1. The largest absolute Gasteiger partial charge is 0.445 e. The number of rotatable bonds is 6. The van der Waals surface area contributed by atoms with Crippen LogP contribution in [0.2, 0.25) is 0 Å². The lowest BCUT2D eigenvalue weighted by Gasteiger charge is -2.06. The minimum absolute atomic E-state index is 0.189. The van der Waals surface area contributed by atoms with Crippen LogP contribution in [0.15, 0.2) is 53.6 Å². The number of hydrogen-bond acceptors (Lipinski definition) is 6. The van der Waals surface area contributed by atoms with Crippen LogP contribution in [-0.2, 0) is 11.3 Å². The lowest BCUT2D eigenvalue weighted by molar-refractivity contribution is 0.194. The molecule has 170 valence electrons. The van der Waals surface area contributed by atoms with Crippen molar-refractivity contribution in [3.8, 4) is 16.5 Å². The first kappa shape index (κ1) is 21.5. The average molecular weight is 471 g/mol. The molecule has 1 aliphatic rings. The molecule has 1 atom stereocenters. The number of hydrogen-bond donors (Lipinski definition) is 0. The molecule has 2 aromatic heterocycles. The zero-order valence-electron chi connectivity index (χ0n) is 17.7. The van der Waals surface area contributed by atoms with Crippen LogP contribution >= 0.6 is 11.3 Å². The topological polar surface area (TPSA) is 71.2 Å². The molecule has 10 heteroatoms. The Hall–Kier alpha value is -3.37. The molecule has 0 bridgehead atoms. The van der Waals surface area contributed by atoms with Gasteiger partial charge in [-0.3, -0.25) is 4.57 Å². The maximum absolute atomic E-state index is 13.9. The van der Waals surface area contributed by atoms with E-state index in [1.54, 1.807) is 24.3 Å². The quantitative estimate of drug-likeness (QED) is 0.417. The number of benzene rings is 2. The van der Waals surface area contributed by atoms with Crippen LogP contribution in [0.1, 0.15) is 28.6 Å². The van der Waals surface area contributed by atoms with E-state index in [0.717, 1.165) is 45.5 Å². The summed E-state index contributed by atoms with van der Waals surface area (Å²) in [4.78, 5) is 17.3. The van der Waals surface area contributed by atoms with Crippen molar-refractivity contribution in [3.05, 3.63) is 87.2 Å². The first-order chi connectivity index (χ1) is 16.0. The fourth-order valence-electron chi connectivity index (χ4n) is 3.64. The number of halogens is 2. The second-order valence-electron chi connectivity index (χ2n) is 7.73. The van der Waals surface area contributed by atoms with Gasteiger partial charge >= 0.3 is 5.69 Å². The molecule has 33 heavy (non-hydrogen) atoms. The van der Waals surface area contributed by atoms with E-state index in [1.807, 2.05) is 6.92 Å². The van der Waals surface area contributed by atoms with Gasteiger partial charge in [0.05, 0.1) is 24.5 Å². The molecule has 7 nitrogen and oxygen atoms in total. The van der Waals surface area contributed by atoms with Gasteiger partial charge in [-0.2, -0.15) is 9.78 Å². The summed E-state index contributed by atoms with van der Waals surface area (Å²) in [5.74, 6) is -0.509. The Bertz CT molecular complexity index is 1320. The maximum atomic E-state index is 13.9. The lowest BCUT2D eigenvalue weighted by Crippen LogP contribution is -2.24. The van der Waals surface area contributed by atoms with Crippen LogP contribution in [0.25, 0.3) is 5.69 Å². The van der Waals surface area contributed by atoms with Crippen molar-refractivity contribution in [1.29, 1.82) is 0 Å². The Balaban J connectivity index is 1.33. The molecular formula is C23H20F2N4O3S. The highest BCUT2D eigenvalue weighted by Crippen LogP contribution is 2.37. The molecule has 3 heterocycles. The highest BCUT2D eigenvalue weighted by Gasteiger charge is 2.23. The molecule has 0 spiro atoms. The molecule has 4 aromatic rings. The Morgan fingerprint density at radius 2 is 1.94 bits per heavy atom. The normalized spacial score (nSPS) is 15.8. The van der Waals surface area contributed by atoms with E-state index < -0.39 is 17.3 Å². The zero-order valence-corrected chi connectivity index (χ0v) is 18.5. The van der Waals surface area contributed by atoms with Crippen LogP contribution in [0.4, 0.5) is 8.78 Å². The third-order valence-electron chi connectivity index (χ3n) is 5.46. The van der Waals surface area contributed by atoms with E-state index in [4.69, 9.17) is 9.47 Å². The van der Waals surface area contributed by atoms with Crippen molar-refractivity contribution >= 4 is 11.3 Å². The monoisotopic (exact) mass is 470 g/mol. The van der Waals surface area contributed by atoms with Crippen LogP contribution in [-0.4, -0.2) is 32.5 Å². The molecule has 1 saturated heterocycles. The van der Waals surface area contributed by atoms with Crippen molar-refractivity contribution in [2.45, 2.75) is 25.8 Å². The van der Waals surface area contributed by atoms with Crippen molar-refractivity contribution < 1.29 is 18.3 Å². The molecule has 0 N–H and O–H groups in total. The van der Waals surface area contributed by atoms with E-state index in [1.165, 1.54) is 28.4 Å². The van der Waals surface area contributed by atoms with Crippen molar-refractivity contribution in [1.82, 2.24) is 19.3 Å². The Morgan fingerprint density at radius 3 is 2.64 bits per heavy atom. The molecule has 5 rings (SSSR count). The molecule has 2 aromatic carbocycles. The lowest BCUT2D eigenvalue weighted by atomic mass is 10.1. The van der Waals surface area contributed by atoms with E-state index in [-0.39, 0.29) is 12.1 Å². The van der Waals surface area contributed by atoms with Crippen molar-refractivity contribution in [2.24, 2.45) is 0 Å². The van der Waals surface area contributed by atoms with Gasteiger partial charge in [0.2, 0.25) is 5.06 Å². The average Bonchev–Trinajstić information content (AvgIpc) is 3.54. The molecule has 0 aliphatic carbocycles. The Labute approximate surface area is 191 Å². The number of aryl methyl sites for hydroxylation is 1. The summed E-state index contributed by atoms with van der Waals surface area (Å²) in [5, 5.41) is 5.81. The SMILES string of the molecule is Cc1nc(C2CCOC2)sc1Oc1ccc(-n2ncn(Cc3c(F)cccc3F)c2=O)cc1. The molecule has 1 aliphatic heterocycles. The minimum Gasteiger partial charge on any atom is -0.445 e. The second-order valence-corrected chi connectivity index (χ2v) is 8.73. The van der Waals surface area contributed by atoms with E-state index >= 15 is 0 Å². The van der Waals surface area contributed by atoms with Crippen LogP contribution in [0, 0.1) is 18.6 Å². The predicted octanol–water partition coefficient (Wildman–Crippen LogP) is 4.42. The van der Waals surface area contributed by atoms with Gasteiger partial charge in [-0.15, -0.1) is 0 Å². The van der Waals surface area contributed by atoms with Crippen LogP contribution in [0.5, 0.6) is 10.8 Å². The standard InChI is InChI=1S/C23H20F2N4O3S/c1-14-22(33-21(27-14)15-9-10-31-12-15)32-17-7-5-16(6-8-17)29-23(30)28(13-26-29)11-18-19(24)3-2-4-20(18)25/h2-8,13,15H,9-12H2,1H3. The third kappa shape index (κ3) is 4.31. The Kier molecular flexibility index (Phi) is 5.77. The summed E-state index contributed by atoms with van der Waals surface area (Å²) in [6.07, 6.45) is 2.22. The van der Waals surface area contributed by atoms with Gasteiger partial charge in [0.15, 0.2) is 0 Å². The summed E-state index contributed by atoms with van der Waals surface area (Å²) in [6.45, 7) is 3.10. The summed E-state index contributed by atoms with van der Waals surface area (Å²) in [5.41, 5.74) is 0.630. The number of ether oxygens (including phenoxy) is 2. The van der Waals surface area contributed by atoms with Gasteiger partial charge in [0, 0.05) is 18.1 Å². The predicted molar refractivity (Wildman–Crippen MR) is 118 cm³/mol. The van der Waals surface area contributed by atoms with Gasteiger partial charge in [-0.25, -0.2) is 18.6 Å². The summed E-state index contributed by atoms with van der Waals surface area (Å²) < 4.78 is 41.6. The summed E-state index contributed by atoms with van der Waals surface area (Å²) >= 11 is 1.52. The molecule has 1 unspecified atom stereocenters. The first-order valence-corrected chi connectivity index (χ1v) is 11.2. The molecular weight excluding hydrogens is 450 g/mol. The summed E-state index contributed by atoms with van der Waals surface area (Å²) in [7, 11) is 0. The van der Waals surface area contributed by atoms with Gasteiger partial charge in [-0.05, 0) is 49.7 Å². The van der Waals surface area contributed by atoms with E-state index in [9.17, 15) is 13.6 Å². The van der Waals surface area contributed by atoms with Gasteiger partial charge in [0.25, 0.3) is 0 Å². The number of aromatic nitrogens is 4. The molecule has 0 amide bonds. The molecule has 0 saturated carbocycles. The minimum atomic E-state index is -0.710. The van der Waals surface area contributed by atoms with Gasteiger partial charge < -0.3 is 9.47 Å². The highest BCUT2D eigenvalue weighted by molar-refractivity contribution is 7.13. The van der Waals surface area contributed by atoms with Gasteiger partial charge in [0.1, 0.15) is 28.7 Å². The smallest absolute Gasteiger partial charge is 0.350 e. The van der Waals surface area contributed by atoms with Gasteiger partial charge in [-0.1, -0.05) is 17.4 Å². The fourth-order valence-corrected chi connectivity index (χ4v) is 4.69. The number of nitrogens with zero attached hydrogens (tertiary/aromatic N) is 4. The zero-order chi connectivity index (χ0) is 22.9. The Morgan fingerprint density at radius 1 is 1.18 bits per heavy atom. The maximum Gasteiger partial charge on any atom is 0.350 e.